The first-order valence-electron chi connectivity index (χ1n) is 7.61. The Morgan fingerprint density at radius 2 is 1.62 bits per heavy atom. The van der Waals surface area contributed by atoms with Crippen molar-refractivity contribution in [2.45, 2.75) is 38.1 Å². The van der Waals surface area contributed by atoms with E-state index < -0.39 is 0 Å². The summed E-state index contributed by atoms with van der Waals surface area (Å²) in [5.41, 5.74) is 9.10. The maximum atomic E-state index is 6.61. The van der Waals surface area contributed by atoms with E-state index in [1.54, 1.807) is 7.11 Å². The van der Waals surface area contributed by atoms with Crippen LogP contribution in [-0.4, -0.2) is 12.6 Å². The average Bonchev–Trinajstić information content (AvgIpc) is 2.54. The molecule has 0 aromatic heterocycles. The summed E-state index contributed by atoms with van der Waals surface area (Å²) in [4.78, 5) is 0. The second-order valence-electron chi connectivity index (χ2n) is 5.73. The molecule has 2 nitrogen and oxygen atoms in total. The molecule has 0 saturated heterocycles. The third kappa shape index (κ3) is 4.61. The minimum Gasteiger partial charge on any atom is -0.497 e. The zero-order chi connectivity index (χ0) is 15.1. The van der Waals surface area contributed by atoms with Crippen molar-refractivity contribution in [3.8, 4) is 5.75 Å². The van der Waals surface area contributed by atoms with Crippen LogP contribution in [0.15, 0.2) is 54.6 Å². The molecule has 1 unspecified atom stereocenters. The largest absolute Gasteiger partial charge is 0.497 e. The number of nitrogens with two attached hydrogens (primary N) is 1. The third-order valence-electron chi connectivity index (χ3n) is 4.17. The monoisotopic (exact) mass is 283 g/mol. The normalized spacial score (nSPS) is 13.7. The third-order valence-corrected chi connectivity index (χ3v) is 4.17. The van der Waals surface area contributed by atoms with Crippen LogP contribution in [0.1, 0.15) is 30.9 Å². The molecule has 0 heterocycles. The van der Waals surface area contributed by atoms with Gasteiger partial charge in [-0.05, 0) is 48.9 Å². The molecule has 0 bridgehead atoms. The van der Waals surface area contributed by atoms with Crippen LogP contribution in [0.25, 0.3) is 0 Å². The lowest BCUT2D eigenvalue weighted by Crippen LogP contribution is -2.41. The molecule has 0 spiro atoms. The van der Waals surface area contributed by atoms with E-state index in [2.05, 4.69) is 43.3 Å². The highest BCUT2D eigenvalue weighted by Crippen LogP contribution is 2.22. The van der Waals surface area contributed by atoms with Gasteiger partial charge in [-0.3, -0.25) is 0 Å². The minimum absolute atomic E-state index is 0.138. The molecule has 21 heavy (non-hydrogen) atoms. The van der Waals surface area contributed by atoms with Crippen molar-refractivity contribution < 1.29 is 4.74 Å². The first-order chi connectivity index (χ1) is 10.1. The zero-order valence-electron chi connectivity index (χ0n) is 13.0. The molecule has 112 valence electrons. The Labute approximate surface area is 127 Å². The van der Waals surface area contributed by atoms with Gasteiger partial charge in [0.05, 0.1) is 7.11 Å². The Bertz CT molecular complexity index is 535. The van der Waals surface area contributed by atoms with E-state index in [0.29, 0.717) is 0 Å². The molecule has 2 heteroatoms. The first-order valence-corrected chi connectivity index (χ1v) is 7.61. The smallest absolute Gasteiger partial charge is 0.118 e. The topological polar surface area (TPSA) is 35.2 Å². The number of methoxy groups -OCH3 is 1. The van der Waals surface area contributed by atoms with E-state index in [9.17, 15) is 0 Å². The van der Waals surface area contributed by atoms with Crippen molar-refractivity contribution in [2.75, 3.05) is 7.11 Å². The lowest BCUT2D eigenvalue weighted by Gasteiger charge is -2.28. The maximum Gasteiger partial charge on any atom is 0.118 e. The summed E-state index contributed by atoms with van der Waals surface area (Å²) in [5, 5.41) is 0. The van der Waals surface area contributed by atoms with Crippen molar-refractivity contribution in [3.63, 3.8) is 0 Å². The quantitative estimate of drug-likeness (QED) is 0.834. The molecule has 0 radical (unpaired) electrons. The van der Waals surface area contributed by atoms with Crippen molar-refractivity contribution >= 4 is 0 Å². The number of rotatable bonds is 7. The Morgan fingerprint density at radius 1 is 0.952 bits per heavy atom. The van der Waals surface area contributed by atoms with Gasteiger partial charge in [0.25, 0.3) is 0 Å². The molecule has 1 atom stereocenters. The van der Waals surface area contributed by atoms with Gasteiger partial charge in [-0.15, -0.1) is 0 Å². The van der Waals surface area contributed by atoms with Gasteiger partial charge in [0, 0.05) is 5.54 Å². The number of aryl methyl sites for hydroxylation is 1. The molecule has 2 rings (SSSR count). The van der Waals surface area contributed by atoms with Gasteiger partial charge in [-0.1, -0.05) is 49.4 Å². The molecule has 0 saturated carbocycles. The summed E-state index contributed by atoms with van der Waals surface area (Å²) in [6.07, 6.45) is 3.91. The van der Waals surface area contributed by atoms with Gasteiger partial charge in [-0.2, -0.15) is 0 Å². The highest BCUT2D eigenvalue weighted by Gasteiger charge is 2.22. The van der Waals surface area contributed by atoms with Crippen LogP contribution in [0.4, 0.5) is 0 Å². The SMILES string of the molecule is CCC(N)(CCc1ccc(OC)cc1)Cc1ccccc1. The molecule has 0 fully saturated rings. The standard InChI is InChI=1S/C19H25NO/c1-3-19(20,15-17-7-5-4-6-8-17)14-13-16-9-11-18(21-2)12-10-16/h4-12H,3,13-15,20H2,1-2H3. The fraction of sp³-hybridized carbons (Fsp3) is 0.368. The summed E-state index contributed by atoms with van der Waals surface area (Å²) in [6, 6.07) is 18.8. The van der Waals surface area contributed by atoms with Crippen LogP contribution >= 0.6 is 0 Å². The van der Waals surface area contributed by atoms with E-state index in [1.165, 1.54) is 11.1 Å². The van der Waals surface area contributed by atoms with Crippen molar-refractivity contribution in [3.05, 3.63) is 65.7 Å². The summed E-state index contributed by atoms with van der Waals surface area (Å²) in [7, 11) is 1.69. The molecule has 0 aliphatic rings. The Balaban J connectivity index is 1.97. The second-order valence-corrected chi connectivity index (χ2v) is 5.73. The molecule has 2 aromatic rings. The Kier molecular flexibility index (Phi) is 5.40. The zero-order valence-corrected chi connectivity index (χ0v) is 13.0. The molecular weight excluding hydrogens is 258 g/mol. The molecule has 0 amide bonds. The van der Waals surface area contributed by atoms with E-state index >= 15 is 0 Å². The van der Waals surface area contributed by atoms with Crippen LogP contribution in [0, 0.1) is 0 Å². The fourth-order valence-corrected chi connectivity index (χ4v) is 2.58. The summed E-state index contributed by atoms with van der Waals surface area (Å²) < 4.78 is 5.19. The van der Waals surface area contributed by atoms with Crippen LogP contribution < -0.4 is 10.5 Å². The van der Waals surface area contributed by atoms with Crippen molar-refractivity contribution in [1.29, 1.82) is 0 Å². The number of ether oxygens (including phenoxy) is 1. The van der Waals surface area contributed by atoms with Gasteiger partial charge < -0.3 is 10.5 Å². The number of hydrogen-bond acceptors (Lipinski definition) is 2. The van der Waals surface area contributed by atoms with Gasteiger partial charge in [-0.25, -0.2) is 0 Å². The molecular formula is C19H25NO. The Hall–Kier alpha value is -1.80. The van der Waals surface area contributed by atoms with E-state index in [4.69, 9.17) is 10.5 Å². The summed E-state index contributed by atoms with van der Waals surface area (Å²) in [6.45, 7) is 2.18. The lowest BCUT2D eigenvalue weighted by molar-refractivity contribution is 0.377. The van der Waals surface area contributed by atoms with E-state index in [1.807, 2.05) is 18.2 Å². The maximum absolute atomic E-state index is 6.61. The predicted molar refractivity (Wildman–Crippen MR) is 88.7 cm³/mol. The first kappa shape index (κ1) is 15.6. The van der Waals surface area contributed by atoms with E-state index in [0.717, 1.165) is 31.4 Å². The number of benzene rings is 2. The van der Waals surface area contributed by atoms with Crippen molar-refractivity contribution in [2.24, 2.45) is 5.73 Å². The van der Waals surface area contributed by atoms with Gasteiger partial charge in [0.2, 0.25) is 0 Å². The average molecular weight is 283 g/mol. The van der Waals surface area contributed by atoms with Crippen LogP contribution in [0.5, 0.6) is 5.75 Å². The van der Waals surface area contributed by atoms with Gasteiger partial charge >= 0.3 is 0 Å². The fourth-order valence-electron chi connectivity index (χ4n) is 2.58. The van der Waals surface area contributed by atoms with Gasteiger partial charge in [0.15, 0.2) is 0 Å². The lowest BCUT2D eigenvalue weighted by atomic mass is 9.84. The summed E-state index contributed by atoms with van der Waals surface area (Å²) in [5.74, 6) is 0.900. The van der Waals surface area contributed by atoms with Crippen molar-refractivity contribution in [1.82, 2.24) is 0 Å². The van der Waals surface area contributed by atoms with Crippen LogP contribution in [0.3, 0.4) is 0 Å². The second kappa shape index (κ2) is 7.28. The molecule has 0 aliphatic heterocycles. The molecule has 0 aliphatic carbocycles. The minimum atomic E-state index is -0.138. The predicted octanol–water partition coefficient (Wildman–Crippen LogP) is 3.98. The highest BCUT2D eigenvalue weighted by atomic mass is 16.5. The molecule has 2 aromatic carbocycles. The highest BCUT2D eigenvalue weighted by molar-refractivity contribution is 5.27. The van der Waals surface area contributed by atoms with Crippen LogP contribution in [-0.2, 0) is 12.8 Å². The number of hydrogen-bond donors (Lipinski definition) is 1. The van der Waals surface area contributed by atoms with E-state index in [-0.39, 0.29) is 5.54 Å². The van der Waals surface area contributed by atoms with Crippen LogP contribution in [0.2, 0.25) is 0 Å². The molecule has 2 N–H and O–H groups in total. The Morgan fingerprint density at radius 3 is 2.19 bits per heavy atom. The summed E-state index contributed by atoms with van der Waals surface area (Å²) >= 11 is 0. The van der Waals surface area contributed by atoms with Gasteiger partial charge in [0.1, 0.15) is 5.75 Å².